The number of nitrogens with one attached hydrogen (secondary N) is 1. The number of nitrogens with zero attached hydrogens (tertiary/aromatic N) is 2. The Balaban J connectivity index is 1.75. The maximum atomic E-state index is 10.1. The van der Waals surface area contributed by atoms with E-state index in [1.54, 1.807) is 11.3 Å². The molecule has 2 aromatic heterocycles. The van der Waals surface area contributed by atoms with E-state index in [2.05, 4.69) is 15.3 Å². The van der Waals surface area contributed by atoms with Crippen LogP contribution in [0, 0.1) is 6.92 Å². The highest BCUT2D eigenvalue weighted by molar-refractivity contribution is 7.07. The first kappa shape index (κ1) is 13.5. The van der Waals surface area contributed by atoms with Crippen LogP contribution in [0.3, 0.4) is 0 Å². The summed E-state index contributed by atoms with van der Waals surface area (Å²) in [6.45, 7) is 2.41. The van der Waals surface area contributed by atoms with E-state index < -0.39 is 6.10 Å². The van der Waals surface area contributed by atoms with Crippen molar-refractivity contribution in [3.8, 4) is 0 Å². The first-order valence-electron chi connectivity index (χ1n) is 7.04. The SMILES string of the molecule is Cc1nc2c(c(NCC(O)c3ccsc3)n1)CCCC2. The Kier molecular flexibility index (Phi) is 3.98. The summed E-state index contributed by atoms with van der Waals surface area (Å²) in [6.07, 6.45) is 3.99. The molecule has 1 aliphatic rings. The van der Waals surface area contributed by atoms with Crippen molar-refractivity contribution in [3.05, 3.63) is 39.5 Å². The van der Waals surface area contributed by atoms with Crippen molar-refractivity contribution in [1.29, 1.82) is 0 Å². The summed E-state index contributed by atoms with van der Waals surface area (Å²) in [4.78, 5) is 9.05. The lowest BCUT2D eigenvalue weighted by Crippen LogP contribution is -2.17. The molecule has 0 saturated heterocycles. The second-order valence-corrected chi connectivity index (χ2v) is 5.99. The Bertz CT molecular complexity index is 583. The molecule has 3 rings (SSSR count). The van der Waals surface area contributed by atoms with Crippen molar-refractivity contribution in [1.82, 2.24) is 9.97 Å². The average molecular weight is 289 g/mol. The first-order valence-corrected chi connectivity index (χ1v) is 7.99. The number of aryl methyl sites for hydroxylation is 2. The molecule has 2 aromatic rings. The van der Waals surface area contributed by atoms with Gasteiger partial charge in [0.1, 0.15) is 11.6 Å². The number of fused-ring (bicyclic) bond motifs is 1. The van der Waals surface area contributed by atoms with Gasteiger partial charge in [0, 0.05) is 17.8 Å². The van der Waals surface area contributed by atoms with E-state index in [1.807, 2.05) is 23.8 Å². The van der Waals surface area contributed by atoms with Crippen molar-refractivity contribution >= 4 is 17.2 Å². The van der Waals surface area contributed by atoms with E-state index in [9.17, 15) is 5.11 Å². The molecule has 5 heteroatoms. The van der Waals surface area contributed by atoms with Crippen molar-refractivity contribution in [2.45, 2.75) is 38.7 Å². The molecule has 2 N–H and O–H groups in total. The molecule has 1 atom stereocenters. The summed E-state index contributed by atoms with van der Waals surface area (Å²) >= 11 is 1.60. The van der Waals surface area contributed by atoms with E-state index >= 15 is 0 Å². The molecule has 1 aliphatic carbocycles. The molecule has 20 heavy (non-hydrogen) atoms. The molecule has 0 aromatic carbocycles. The van der Waals surface area contributed by atoms with Crippen LogP contribution >= 0.6 is 11.3 Å². The van der Waals surface area contributed by atoms with Gasteiger partial charge in [0.15, 0.2) is 0 Å². The van der Waals surface area contributed by atoms with Gasteiger partial charge in [0.05, 0.1) is 6.10 Å². The number of rotatable bonds is 4. The van der Waals surface area contributed by atoms with Crippen LogP contribution in [0.2, 0.25) is 0 Å². The van der Waals surface area contributed by atoms with Gasteiger partial charge >= 0.3 is 0 Å². The maximum absolute atomic E-state index is 10.1. The van der Waals surface area contributed by atoms with E-state index in [1.165, 1.54) is 24.1 Å². The fourth-order valence-electron chi connectivity index (χ4n) is 2.64. The number of aliphatic hydroxyl groups is 1. The summed E-state index contributed by atoms with van der Waals surface area (Å²) < 4.78 is 0. The van der Waals surface area contributed by atoms with E-state index in [4.69, 9.17) is 0 Å². The van der Waals surface area contributed by atoms with Crippen LogP contribution in [0.25, 0.3) is 0 Å². The molecule has 0 saturated carbocycles. The minimum absolute atomic E-state index is 0.486. The van der Waals surface area contributed by atoms with Crippen LogP contribution in [-0.2, 0) is 12.8 Å². The standard InChI is InChI=1S/C15H19N3OS/c1-10-17-13-5-3-2-4-12(13)15(18-10)16-8-14(19)11-6-7-20-9-11/h6-7,9,14,19H,2-5,8H2,1H3,(H,16,17,18). The average Bonchev–Trinajstić information content (AvgIpc) is 2.98. The van der Waals surface area contributed by atoms with Crippen LogP contribution in [-0.4, -0.2) is 21.6 Å². The van der Waals surface area contributed by atoms with Gasteiger partial charge in [-0.3, -0.25) is 0 Å². The second kappa shape index (κ2) is 5.89. The highest BCUT2D eigenvalue weighted by atomic mass is 32.1. The first-order chi connectivity index (χ1) is 9.74. The minimum atomic E-state index is -0.490. The molecule has 0 spiro atoms. The molecule has 0 bridgehead atoms. The minimum Gasteiger partial charge on any atom is -0.387 e. The van der Waals surface area contributed by atoms with E-state index in [0.29, 0.717) is 6.54 Å². The molecule has 2 heterocycles. The Morgan fingerprint density at radius 2 is 2.20 bits per heavy atom. The normalized spacial score (nSPS) is 15.7. The zero-order valence-corrected chi connectivity index (χ0v) is 12.4. The van der Waals surface area contributed by atoms with Gasteiger partial charge in [-0.1, -0.05) is 0 Å². The van der Waals surface area contributed by atoms with Gasteiger partial charge in [-0.15, -0.1) is 0 Å². The second-order valence-electron chi connectivity index (χ2n) is 5.21. The van der Waals surface area contributed by atoms with Gasteiger partial charge in [-0.2, -0.15) is 11.3 Å². The van der Waals surface area contributed by atoms with Gasteiger partial charge in [-0.05, 0) is 55.0 Å². The Hall–Kier alpha value is -1.46. The number of aromatic nitrogens is 2. The monoisotopic (exact) mass is 289 g/mol. The third-order valence-corrected chi connectivity index (χ3v) is 4.39. The summed E-state index contributed by atoms with van der Waals surface area (Å²) in [7, 11) is 0. The number of aliphatic hydroxyl groups excluding tert-OH is 1. The Morgan fingerprint density at radius 3 is 3.00 bits per heavy atom. The fraction of sp³-hybridized carbons (Fsp3) is 0.467. The Morgan fingerprint density at radius 1 is 1.35 bits per heavy atom. The highest BCUT2D eigenvalue weighted by Crippen LogP contribution is 2.26. The predicted molar refractivity (Wildman–Crippen MR) is 81.2 cm³/mol. The van der Waals surface area contributed by atoms with Crippen LogP contribution in [0.4, 0.5) is 5.82 Å². The van der Waals surface area contributed by atoms with Crippen LogP contribution in [0.1, 0.15) is 41.6 Å². The molecule has 0 aliphatic heterocycles. The molecule has 0 amide bonds. The summed E-state index contributed by atoms with van der Waals surface area (Å²) in [5.74, 6) is 1.71. The molecule has 1 unspecified atom stereocenters. The summed E-state index contributed by atoms with van der Waals surface area (Å²) in [5, 5.41) is 17.4. The van der Waals surface area contributed by atoms with Gasteiger partial charge in [-0.25, -0.2) is 9.97 Å². The highest BCUT2D eigenvalue weighted by Gasteiger charge is 2.17. The molecule has 0 fully saturated rings. The lowest BCUT2D eigenvalue weighted by molar-refractivity contribution is 0.192. The van der Waals surface area contributed by atoms with E-state index in [-0.39, 0.29) is 0 Å². The Labute approximate surface area is 122 Å². The maximum Gasteiger partial charge on any atom is 0.133 e. The summed E-state index contributed by atoms with van der Waals surface area (Å²) in [5.41, 5.74) is 3.37. The molecule has 106 valence electrons. The van der Waals surface area contributed by atoms with Crippen molar-refractivity contribution in [2.75, 3.05) is 11.9 Å². The van der Waals surface area contributed by atoms with Gasteiger partial charge in [0.2, 0.25) is 0 Å². The molecule has 4 nitrogen and oxygen atoms in total. The molecule has 0 radical (unpaired) electrons. The fourth-order valence-corrected chi connectivity index (χ4v) is 3.35. The largest absolute Gasteiger partial charge is 0.387 e. The summed E-state index contributed by atoms with van der Waals surface area (Å²) in [6, 6.07) is 1.96. The van der Waals surface area contributed by atoms with Crippen molar-refractivity contribution in [3.63, 3.8) is 0 Å². The number of hydrogen-bond acceptors (Lipinski definition) is 5. The third kappa shape index (κ3) is 2.83. The van der Waals surface area contributed by atoms with Gasteiger partial charge < -0.3 is 10.4 Å². The smallest absolute Gasteiger partial charge is 0.133 e. The van der Waals surface area contributed by atoms with Crippen LogP contribution in [0.5, 0.6) is 0 Å². The predicted octanol–water partition coefficient (Wildman–Crippen LogP) is 2.87. The van der Waals surface area contributed by atoms with Crippen molar-refractivity contribution in [2.24, 2.45) is 0 Å². The number of anilines is 1. The number of thiophene rings is 1. The van der Waals surface area contributed by atoms with Gasteiger partial charge in [0.25, 0.3) is 0 Å². The topological polar surface area (TPSA) is 58.0 Å². The van der Waals surface area contributed by atoms with Crippen molar-refractivity contribution < 1.29 is 5.11 Å². The zero-order chi connectivity index (χ0) is 13.9. The lowest BCUT2D eigenvalue weighted by Gasteiger charge is -2.20. The third-order valence-electron chi connectivity index (χ3n) is 3.69. The van der Waals surface area contributed by atoms with Crippen LogP contribution in [0.15, 0.2) is 16.8 Å². The zero-order valence-electron chi connectivity index (χ0n) is 11.6. The lowest BCUT2D eigenvalue weighted by atomic mass is 9.96. The quantitative estimate of drug-likeness (QED) is 0.908. The van der Waals surface area contributed by atoms with Crippen LogP contribution < -0.4 is 5.32 Å². The molecular weight excluding hydrogens is 270 g/mol. The number of hydrogen-bond donors (Lipinski definition) is 2. The molecular formula is C15H19N3OS. The van der Waals surface area contributed by atoms with E-state index in [0.717, 1.165) is 30.0 Å².